The van der Waals surface area contributed by atoms with E-state index in [0.29, 0.717) is 12.5 Å². The quantitative estimate of drug-likeness (QED) is 0.564. The Labute approximate surface area is 122 Å². The van der Waals surface area contributed by atoms with Crippen LogP contribution in [0.4, 0.5) is 0 Å². The molecule has 0 radical (unpaired) electrons. The van der Waals surface area contributed by atoms with Crippen LogP contribution < -0.4 is 10.6 Å². The van der Waals surface area contributed by atoms with E-state index in [9.17, 15) is 4.79 Å². The van der Waals surface area contributed by atoms with E-state index in [0.717, 1.165) is 18.4 Å². The average Bonchev–Trinajstić information content (AvgIpc) is 2.48. The van der Waals surface area contributed by atoms with Gasteiger partial charge in [0, 0.05) is 0 Å². The molecule has 0 bridgehead atoms. The van der Waals surface area contributed by atoms with Gasteiger partial charge in [0.2, 0.25) is 5.91 Å². The number of nitrogens with one attached hydrogen (secondary N) is 2. The number of hydrogen-bond acceptors (Lipinski definition) is 2. The van der Waals surface area contributed by atoms with Crippen molar-refractivity contribution in [1.82, 2.24) is 10.6 Å². The van der Waals surface area contributed by atoms with E-state index >= 15 is 0 Å². The van der Waals surface area contributed by atoms with Crippen molar-refractivity contribution in [3.63, 3.8) is 0 Å². The topological polar surface area (TPSA) is 41.1 Å². The third-order valence-corrected chi connectivity index (χ3v) is 3.51. The van der Waals surface area contributed by atoms with Gasteiger partial charge in [-0.1, -0.05) is 62.9 Å². The molecule has 1 rings (SSSR count). The van der Waals surface area contributed by atoms with Crippen LogP contribution in [0.3, 0.4) is 0 Å². The molecule has 0 fully saturated rings. The maximum Gasteiger partial charge on any atom is 0.234 e. The molecule has 0 spiro atoms. The number of rotatable bonds is 8. The zero-order chi connectivity index (χ0) is 14.8. The highest BCUT2D eigenvalue weighted by molar-refractivity contribution is 5.78. The molecule has 3 nitrogen and oxygen atoms in total. The summed E-state index contributed by atoms with van der Waals surface area (Å²) in [7, 11) is 0. The Hall–Kier alpha value is -1.79. The lowest BCUT2D eigenvalue weighted by molar-refractivity contribution is -0.121. The van der Waals surface area contributed by atoms with Crippen molar-refractivity contribution < 1.29 is 4.79 Å². The first-order valence-electron chi connectivity index (χ1n) is 7.21. The second-order valence-corrected chi connectivity index (χ2v) is 4.84. The molecule has 0 saturated carbocycles. The van der Waals surface area contributed by atoms with Gasteiger partial charge in [-0.3, -0.25) is 10.1 Å². The van der Waals surface area contributed by atoms with Gasteiger partial charge >= 0.3 is 0 Å². The van der Waals surface area contributed by atoms with Gasteiger partial charge in [0.25, 0.3) is 0 Å². The van der Waals surface area contributed by atoms with Crippen molar-refractivity contribution in [2.45, 2.75) is 32.7 Å². The fourth-order valence-corrected chi connectivity index (χ4v) is 2.37. The highest BCUT2D eigenvalue weighted by Crippen LogP contribution is 2.27. The summed E-state index contributed by atoms with van der Waals surface area (Å²) in [6, 6.07) is 10.2. The number of terminal acetylenes is 1. The molecule has 0 aliphatic rings. The summed E-state index contributed by atoms with van der Waals surface area (Å²) >= 11 is 0. The molecule has 1 atom stereocenters. The van der Waals surface area contributed by atoms with E-state index in [4.69, 9.17) is 6.42 Å². The summed E-state index contributed by atoms with van der Waals surface area (Å²) in [5, 5.41) is 6.04. The van der Waals surface area contributed by atoms with E-state index in [1.54, 1.807) is 0 Å². The van der Waals surface area contributed by atoms with E-state index in [1.807, 2.05) is 18.2 Å². The Morgan fingerprint density at radius 1 is 1.25 bits per heavy atom. The minimum absolute atomic E-state index is 0.0130. The SMILES string of the molecule is C#CCNCC(=O)NC(c1ccccc1)C(CC)CC. The van der Waals surface area contributed by atoms with Gasteiger partial charge in [0.1, 0.15) is 0 Å². The molecular weight excluding hydrogens is 248 g/mol. The van der Waals surface area contributed by atoms with Crippen LogP contribution in [0.1, 0.15) is 38.3 Å². The molecule has 3 heteroatoms. The summed E-state index contributed by atoms with van der Waals surface area (Å²) in [6.45, 7) is 4.99. The Morgan fingerprint density at radius 2 is 1.90 bits per heavy atom. The summed E-state index contributed by atoms with van der Waals surface area (Å²) in [5.41, 5.74) is 1.16. The lowest BCUT2D eigenvalue weighted by Crippen LogP contribution is -2.39. The molecule has 0 aliphatic heterocycles. The third kappa shape index (κ3) is 5.07. The van der Waals surface area contributed by atoms with Gasteiger partial charge in [-0.25, -0.2) is 0 Å². The number of hydrogen-bond donors (Lipinski definition) is 2. The summed E-state index contributed by atoms with van der Waals surface area (Å²) < 4.78 is 0. The van der Waals surface area contributed by atoms with Gasteiger partial charge in [-0.15, -0.1) is 6.42 Å². The Bertz CT molecular complexity index is 432. The molecule has 0 aliphatic carbocycles. The first-order valence-corrected chi connectivity index (χ1v) is 7.21. The first kappa shape index (κ1) is 16.3. The van der Waals surface area contributed by atoms with Gasteiger partial charge < -0.3 is 5.32 Å². The zero-order valence-electron chi connectivity index (χ0n) is 12.4. The van der Waals surface area contributed by atoms with Crippen LogP contribution in [-0.4, -0.2) is 19.0 Å². The predicted molar refractivity (Wildman–Crippen MR) is 83.1 cm³/mol. The smallest absolute Gasteiger partial charge is 0.234 e. The van der Waals surface area contributed by atoms with E-state index in [1.165, 1.54) is 0 Å². The summed E-state index contributed by atoms with van der Waals surface area (Å²) in [6.07, 6.45) is 7.23. The minimum Gasteiger partial charge on any atom is -0.348 e. The van der Waals surface area contributed by atoms with Crippen molar-refractivity contribution in [1.29, 1.82) is 0 Å². The molecule has 0 heterocycles. The Balaban J connectivity index is 2.74. The van der Waals surface area contributed by atoms with E-state index in [2.05, 4.69) is 42.5 Å². The summed E-state index contributed by atoms with van der Waals surface area (Å²) in [4.78, 5) is 12.0. The molecule has 108 valence electrons. The maximum atomic E-state index is 12.0. The molecule has 1 aromatic rings. The largest absolute Gasteiger partial charge is 0.348 e. The fourth-order valence-electron chi connectivity index (χ4n) is 2.37. The molecule has 2 N–H and O–H groups in total. The maximum absolute atomic E-state index is 12.0. The van der Waals surface area contributed by atoms with Crippen molar-refractivity contribution in [3.8, 4) is 12.3 Å². The minimum atomic E-state index is -0.0130. The second-order valence-electron chi connectivity index (χ2n) is 4.84. The van der Waals surface area contributed by atoms with Crippen LogP contribution in [0.25, 0.3) is 0 Å². The van der Waals surface area contributed by atoms with E-state index < -0.39 is 0 Å². The number of carbonyl (C=O) groups excluding carboxylic acids is 1. The standard InChI is InChI=1S/C17H24N2O/c1-4-12-18-13-16(20)19-17(14(5-2)6-3)15-10-8-7-9-11-15/h1,7-11,14,17-18H,5-6,12-13H2,2-3H3,(H,19,20). The average molecular weight is 272 g/mol. The van der Waals surface area contributed by atoms with Crippen LogP contribution in [0, 0.1) is 18.3 Å². The molecule has 0 saturated heterocycles. The summed E-state index contributed by atoms with van der Waals surface area (Å²) in [5.74, 6) is 2.89. The Morgan fingerprint density at radius 3 is 2.45 bits per heavy atom. The van der Waals surface area contributed by atoms with Crippen molar-refractivity contribution in [3.05, 3.63) is 35.9 Å². The molecule has 1 amide bonds. The number of amides is 1. The monoisotopic (exact) mass is 272 g/mol. The lowest BCUT2D eigenvalue weighted by atomic mass is 9.89. The molecule has 20 heavy (non-hydrogen) atoms. The van der Waals surface area contributed by atoms with Crippen LogP contribution in [-0.2, 0) is 4.79 Å². The zero-order valence-corrected chi connectivity index (χ0v) is 12.4. The Kier molecular flexibility index (Phi) is 7.46. The molecular formula is C17H24N2O. The predicted octanol–water partition coefficient (Wildman–Crippen LogP) is 2.50. The van der Waals surface area contributed by atoms with Gasteiger partial charge in [-0.2, -0.15) is 0 Å². The third-order valence-electron chi connectivity index (χ3n) is 3.51. The fraction of sp³-hybridized carbons (Fsp3) is 0.471. The van der Waals surface area contributed by atoms with Crippen molar-refractivity contribution >= 4 is 5.91 Å². The first-order chi connectivity index (χ1) is 9.72. The van der Waals surface area contributed by atoms with Crippen LogP contribution >= 0.6 is 0 Å². The van der Waals surface area contributed by atoms with Crippen LogP contribution in [0.5, 0.6) is 0 Å². The highest BCUT2D eigenvalue weighted by atomic mass is 16.1. The van der Waals surface area contributed by atoms with Crippen molar-refractivity contribution in [2.24, 2.45) is 5.92 Å². The van der Waals surface area contributed by atoms with E-state index in [-0.39, 0.29) is 18.5 Å². The van der Waals surface area contributed by atoms with Gasteiger partial charge in [0.15, 0.2) is 0 Å². The van der Waals surface area contributed by atoms with Crippen LogP contribution in [0.15, 0.2) is 30.3 Å². The molecule has 1 aromatic carbocycles. The van der Waals surface area contributed by atoms with Gasteiger partial charge in [0.05, 0.1) is 19.1 Å². The number of carbonyl (C=O) groups is 1. The normalized spacial score (nSPS) is 11.9. The highest BCUT2D eigenvalue weighted by Gasteiger charge is 2.21. The molecule has 0 aromatic heterocycles. The second kappa shape index (κ2) is 9.17. The van der Waals surface area contributed by atoms with Crippen LogP contribution in [0.2, 0.25) is 0 Å². The van der Waals surface area contributed by atoms with Gasteiger partial charge in [-0.05, 0) is 11.5 Å². The molecule has 1 unspecified atom stereocenters. The van der Waals surface area contributed by atoms with Crippen molar-refractivity contribution in [2.75, 3.05) is 13.1 Å². The lowest BCUT2D eigenvalue weighted by Gasteiger charge is -2.27. The number of benzene rings is 1.